The topological polar surface area (TPSA) is 104 Å². The van der Waals surface area contributed by atoms with E-state index in [1.54, 1.807) is 6.92 Å². The predicted octanol–water partition coefficient (Wildman–Crippen LogP) is 1.57. The third-order valence-corrected chi connectivity index (χ3v) is 2.56. The van der Waals surface area contributed by atoms with Gasteiger partial charge in [-0.25, -0.2) is 0 Å². The molecule has 0 saturated carbocycles. The lowest BCUT2D eigenvalue weighted by Crippen LogP contribution is -2.53. The number of nitrogens with zero attached hydrogens (tertiary/aromatic N) is 3. The Labute approximate surface area is 96.2 Å². The van der Waals surface area contributed by atoms with Crippen LogP contribution in [0.4, 0.5) is 0 Å². The van der Waals surface area contributed by atoms with Crippen LogP contribution in [0.2, 0.25) is 0 Å². The molecule has 0 bridgehead atoms. The van der Waals surface area contributed by atoms with Crippen LogP contribution in [-0.4, -0.2) is 24.5 Å². The molecule has 0 radical (unpaired) electrons. The lowest BCUT2D eigenvalue weighted by Gasteiger charge is -2.28. The Hall–Kier alpha value is -1.26. The van der Waals surface area contributed by atoms with Crippen molar-refractivity contribution in [2.45, 2.75) is 39.2 Å². The first-order chi connectivity index (χ1) is 7.42. The molecule has 0 aromatic carbocycles. The summed E-state index contributed by atoms with van der Waals surface area (Å²) < 4.78 is 0. The number of rotatable bonds is 8. The molecule has 3 N–H and O–H groups in total. The smallest absolute Gasteiger partial charge is 0.237 e. The van der Waals surface area contributed by atoms with Crippen LogP contribution in [0.1, 0.15) is 33.6 Å². The number of primary amides is 1. The molecule has 16 heavy (non-hydrogen) atoms. The van der Waals surface area contributed by atoms with Gasteiger partial charge in [0.05, 0.1) is 5.54 Å². The van der Waals surface area contributed by atoms with E-state index < -0.39 is 5.54 Å². The maximum absolute atomic E-state index is 11.4. The molecule has 0 spiro atoms. The number of azide groups is 1. The minimum Gasteiger partial charge on any atom is -0.368 e. The zero-order valence-corrected chi connectivity index (χ0v) is 10.2. The van der Waals surface area contributed by atoms with Crippen molar-refractivity contribution in [3.8, 4) is 0 Å². The molecule has 1 amide bonds. The van der Waals surface area contributed by atoms with Crippen LogP contribution in [0.5, 0.6) is 0 Å². The third-order valence-electron chi connectivity index (χ3n) is 2.56. The van der Waals surface area contributed by atoms with Gasteiger partial charge < -0.3 is 11.1 Å². The van der Waals surface area contributed by atoms with E-state index in [1.807, 2.05) is 0 Å². The second-order valence-electron chi connectivity index (χ2n) is 4.51. The molecule has 0 aliphatic carbocycles. The summed E-state index contributed by atoms with van der Waals surface area (Å²) in [5, 5.41) is 6.44. The fourth-order valence-electron chi connectivity index (χ4n) is 1.30. The normalized spacial score (nSPS) is 14.2. The lowest BCUT2D eigenvalue weighted by atomic mass is 9.91. The molecule has 6 heteroatoms. The summed E-state index contributed by atoms with van der Waals surface area (Å²) in [5.74, 6) is 0.159. The molecule has 0 aromatic rings. The Balaban J connectivity index is 4.22. The first-order valence-electron chi connectivity index (χ1n) is 5.48. The lowest BCUT2D eigenvalue weighted by molar-refractivity contribution is -0.124. The molecule has 0 fully saturated rings. The summed E-state index contributed by atoms with van der Waals surface area (Å²) in [5.41, 5.74) is 12.8. The minimum absolute atomic E-state index is 0.320. The van der Waals surface area contributed by atoms with E-state index in [-0.39, 0.29) is 5.91 Å². The Kier molecular flexibility index (Phi) is 6.53. The molecule has 0 aromatic heterocycles. The minimum atomic E-state index is -0.713. The second-order valence-corrected chi connectivity index (χ2v) is 4.51. The highest BCUT2D eigenvalue weighted by Gasteiger charge is 2.29. The fourth-order valence-corrected chi connectivity index (χ4v) is 1.30. The van der Waals surface area contributed by atoms with E-state index in [0.717, 1.165) is 6.42 Å². The molecular formula is C10H21N5O. The molecule has 0 saturated heterocycles. The summed E-state index contributed by atoms with van der Waals surface area (Å²) in [6.45, 7) is 6.76. The van der Waals surface area contributed by atoms with Crippen molar-refractivity contribution < 1.29 is 4.79 Å². The van der Waals surface area contributed by atoms with Crippen molar-refractivity contribution >= 4 is 5.91 Å². The van der Waals surface area contributed by atoms with Crippen molar-refractivity contribution in [3.05, 3.63) is 10.4 Å². The van der Waals surface area contributed by atoms with E-state index >= 15 is 0 Å². The maximum atomic E-state index is 11.4. The van der Waals surface area contributed by atoms with Gasteiger partial charge in [0.25, 0.3) is 0 Å². The van der Waals surface area contributed by atoms with Crippen molar-refractivity contribution in [2.24, 2.45) is 16.8 Å². The SMILES string of the molecule is CC(C)CCC(C)(NCCN=[N+]=[N-])C(N)=O. The highest BCUT2D eigenvalue weighted by molar-refractivity contribution is 5.84. The molecule has 1 atom stereocenters. The number of hydrogen-bond acceptors (Lipinski definition) is 3. The van der Waals surface area contributed by atoms with Crippen molar-refractivity contribution in [3.63, 3.8) is 0 Å². The van der Waals surface area contributed by atoms with Crippen LogP contribution in [0.3, 0.4) is 0 Å². The molecule has 6 nitrogen and oxygen atoms in total. The Bertz CT molecular complexity index is 272. The summed E-state index contributed by atoms with van der Waals surface area (Å²) >= 11 is 0. The van der Waals surface area contributed by atoms with E-state index in [9.17, 15) is 4.79 Å². The van der Waals surface area contributed by atoms with Crippen LogP contribution < -0.4 is 11.1 Å². The summed E-state index contributed by atoms with van der Waals surface area (Å²) in [7, 11) is 0. The summed E-state index contributed by atoms with van der Waals surface area (Å²) in [4.78, 5) is 14.0. The predicted molar refractivity (Wildman–Crippen MR) is 63.7 cm³/mol. The van der Waals surface area contributed by atoms with Crippen molar-refractivity contribution in [1.82, 2.24) is 5.32 Å². The number of nitrogens with one attached hydrogen (secondary N) is 1. The van der Waals surface area contributed by atoms with Gasteiger partial charge in [-0.15, -0.1) is 0 Å². The molecule has 0 aliphatic heterocycles. The van der Waals surface area contributed by atoms with Crippen molar-refractivity contribution in [2.75, 3.05) is 13.1 Å². The van der Waals surface area contributed by atoms with Gasteiger partial charge in [-0.2, -0.15) is 0 Å². The van der Waals surface area contributed by atoms with Crippen LogP contribution in [-0.2, 0) is 4.79 Å². The fraction of sp³-hybridized carbons (Fsp3) is 0.900. The van der Waals surface area contributed by atoms with Gasteiger partial charge in [0.2, 0.25) is 5.91 Å². The largest absolute Gasteiger partial charge is 0.368 e. The van der Waals surface area contributed by atoms with E-state index in [1.165, 1.54) is 0 Å². The zero-order chi connectivity index (χ0) is 12.6. The van der Waals surface area contributed by atoms with Gasteiger partial charge in [0, 0.05) is 18.0 Å². The van der Waals surface area contributed by atoms with Gasteiger partial charge in [-0.3, -0.25) is 4.79 Å². The van der Waals surface area contributed by atoms with E-state index in [2.05, 4.69) is 29.2 Å². The molecule has 0 aliphatic rings. The highest BCUT2D eigenvalue weighted by Crippen LogP contribution is 2.16. The number of amides is 1. The number of hydrogen-bond donors (Lipinski definition) is 2. The zero-order valence-electron chi connectivity index (χ0n) is 10.2. The number of carbonyl (C=O) groups excluding carboxylic acids is 1. The van der Waals surface area contributed by atoms with Gasteiger partial charge >= 0.3 is 0 Å². The maximum Gasteiger partial charge on any atom is 0.237 e. The molecular weight excluding hydrogens is 206 g/mol. The monoisotopic (exact) mass is 227 g/mol. The molecule has 0 heterocycles. The van der Waals surface area contributed by atoms with Crippen LogP contribution in [0.25, 0.3) is 10.4 Å². The summed E-state index contributed by atoms with van der Waals surface area (Å²) in [6.07, 6.45) is 1.62. The van der Waals surface area contributed by atoms with E-state index in [4.69, 9.17) is 11.3 Å². The molecule has 1 unspecified atom stereocenters. The van der Waals surface area contributed by atoms with Gasteiger partial charge in [0.1, 0.15) is 0 Å². The quantitative estimate of drug-likeness (QED) is 0.284. The highest BCUT2D eigenvalue weighted by atomic mass is 16.1. The average molecular weight is 227 g/mol. The first kappa shape index (κ1) is 14.7. The van der Waals surface area contributed by atoms with E-state index in [0.29, 0.717) is 25.4 Å². The van der Waals surface area contributed by atoms with Crippen molar-refractivity contribution in [1.29, 1.82) is 0 Å². The average Bonchev–Trinajstić information content (AvgIpc) is 2.21. The molecule has 0 rings (SSSR count). The summed E-state index contributed by atoms with van der Waals surface area (Å²) in [6, 6.07) is 0. The second kappa shape index (κ2) is 7.09. The Morgan fingerprint density at radius 2 is 2.25 bits per heavy atom. The van der Waals surface area contributed by atoms with Crippen LogP contribution in [0.15, 0.2) is 5.11 Å². The Morgan fingerprint density at radius 1 is 1.62 bits per heavy atom. The molecule has 92 valence electrons. The van der Waals surface area contributed by atoms with Gasteiger partial charge in [0.15, 0.2) is 0 Å². The van der Waals surface area contributed by atoms with Gasteiger partial charge in [-0.1, -0.05) is 19.0 Å². The number of nitrogens with two attached hydrogens (primary N) is 1. The third kappa shape index (κ3) is 5.58. The van der Waals surface area contributed by atoms with Gasteiger partial charge in [-0.05, 0) is 31.2 Å². The first-order valence-corrected chi connectivity index (χ1v) is 5.48. The van der Waals surface area contributed by atoms with Crippen LogP contribution in [0, 0.1) is 5.92 Å². The Morgan fingerprint density at radius 3 is 2.69 bits per heavy atom. The van der Waals surface area contributed by atoms with Crippen LogP contribution >= 0.6 is 0 Å². The standard InChI is InChI=1S/C10H21N5O/c1-8(2)4-5-10(3,9(11)16)13-6-7-14-15-12/h8,13H,4-7H2,1-3H3,(H2,11,16). The number of carbonyl (C=O) groups is 1.